The van der Waals surface area contributed by atoms with Crippen molar-refractivity contribution < 1.29 is 19.2 Å². The minimum atomic E-state index is -0.977. The van der Waals surface area contributed by atoms with Gasteiger partial charge >= 0.3 is 5.97 Å². The Labute approximate surface area is 132 Å². The van der Waals surface area contributed by atoms with E-state index in [4.69, 9.17) is 9.63 Å². The van der Waals surface area contributed by atoms with Gasteiger partial charge in [0.2, 0.25) is 17.6 Å². The summed E-state index contributed by atoms with van der Waals surface area (Å²) in [6.45, 7) is 2.47. The second kappa shape index (κ2) is 6.57. The number of benzene rings is 1. The minimum absolute atomic E-state index is 0.0530. The van der Waals surface area contributed by atoms with Gasteiger partial charge in [-0.3, -0.25) is 9.69 Å². The highest BCUT2D eigenvalue weighted by Crippen LogP contribution is 2.17. The van der Waals surface area contributed by atoms with Crippen LogP contribution in [0.4, 0.5) is 0 Å². The molecule has 1 saturated heterocycles. The Morgan fingerprint density at radius 1 is 1.30 bits per heavy atom. The molecule has 1 amide bonds. The van der Waals surface area contributed by atoms with Crippen molar-refractivity contribution in [1.29, 1.82) is 0 Å². The summed E-state index contributed by atoms with van der Waals surface area (Å²) >= 11 is 0. The molecule has 0 aliphatic carbocycles. The number of aromatic nitrogens is 2. The van der Waals surface area contributed by atoms with E-state index < -0.39 is 5.97 Å². The molecule has 120 valence electrons. The zero-order valence-electron chi connectivity index (χ0n) is 12.4. The molecular weight excluding hydrogens is 300 g/mol. The summed E-state index contributed by atoms with van der Waals surface area (Å²) in [4.78, 5) is 28.6. The van der Waals surface area contributed by atoms with E-state index in [2.05, 4.69) is 20.4 Å². The highest BCUT2D eigenvalue weighted by atomic mass is 16.5. The molecule has 2 heterocycles. The van der Waals surface area contributed by atoms with Gasteiger partial charge in [0.1, 0.15) is 0 Å². The van der Waals surface area contributed by atoms with Gasteiger partial charge in [0.15, 0.2) is 0 Å². The standard InChI is InChI=1S/C15H16N4O4/c20-12-5-7-19(8-6-16-12)9-13-17-14(18-23-13)10-1-3-11(4-2-10)15(21)22/h1-4H,5-9H2,(H,16,20)(H,21,22). The number of amides is 1. The molecule has 0 saturated carbocycles. The third-order valence-corrected chi connectivity index (χ3v) is 3.62. The van der Waals surface area contributed by atoms with Crippen molar-refractivity contribution in [2.24, 2.45) is 0 Å². The lowest BCUT2D eigenvalue weighted by Crippen LogP contribution is -2.28. The molecule has 23 heavy (non-hydrogen) atoms. The molecule has 1 aromatic heterocycles. The number of rotatable bonds is 4. The molecule has 1 aromatic carbocycles. The summed E-state index contributed by atoms with van der Waals surface area (Å²) in [5, 5.41) is 15.6. The van der Waals surface area contributed by atoms with Crippen LogP contribution in [0.3, 0.4) is 0 Å². The van der Waals surface area contributed by atoms with Crippen molar-refractivity contribution in [3.63, 3.8) is 0 Å². The average molecular weight is 316 g/mol. The van der Waals surface area contributed by atoms with E-state index in [1.54, 1.807) is 12.1 Å². The van der Waals surface area contributed by atoms with Crippen LogP contribution in [0.15, 0.2) is 28.8 Å². The monoisotopic (exact) mass is 316 g/mol. The first-order valence-electron chi connectivity index (χ1n) is 7.27. The third-order valence-electron chi connectivity index (χ3n) is 3.62. The largest absolute Gasteiger partial charge is 0.478 e. The fourth-order valence-corrected chi connectivity index (χ4v) is 2.36. The maximum atomic E-state index is 11.3. The van der Waals surface area contributed by atoms with Gasteiger partial charge in [0, 0.05) is 31.6 Å². The molecule has 2 aromatic rings. The lowest BCUT2D eigenvalue weighted by atomic mass is 10.1. The Bertz CT molecular complexity index is 711. The number of carbonyl (C=O) groups is 2. The van der Waals surface area contributed by atoms with Crippen LogP contribution >= 0.6 is 0 Å². The number of hydrogen-bond donors (Lipinski definition) is 2. The Kier molecular flexibility index (Phi) is 4.33. The second-order valence-corrected chi connectivity index (χ2v) is 5.27. The molecule has 2 N–H and O–H groups in total. The lowest BCUT2D eigenvalue weighted by Gasteiger charge is -2.15. The molecular formula is C15H16N4O4. The van der Waals surface area contributed by atoms with Gasteiger partial charge < -0.3 is 14.9 Å². The first kappa shape index (κ1) is 15.2. The summed E-state index contributed by atoms with van der Waals surface area (Å²) in [6, 6.07) is 6.29. The first-order valence-corrected chi connectivity index (χ1v) is 7.27. The van der Waals surface area contributed by atoms with Crippen LogP contribution in [0, 0.1) is 0 Å². The number of carboxylic acid groups (broad SMARTS) is 1. The summed E-state index contributed by atoms with van der Waals surface area (Å²) in [5.74, 6) is -0.0375. The number of nitrogens with one attached hydrogen (secondary N) is 1. The molecule has 8 heteroatoms. The Balaban J connectivity index is 1.67. The van der Waals surface area contributed by atoms with Crippen molar-refractivity contribution in [2.45, 2.75) is 13.0 Å². The van der Waals surface area contributed by atoms with Gasteiger partial charge in [-0.25, -0.2) is 4.79 Å². The third kappa shape index (κ3) is 3.72. The molecule has 0 radical (unpaired) electrons. The molecule has 3 rings (SSSR count). The van der Waals surface area contributed by atoms with Crippen LogP contribution in [0.5, 0.6) is 0 Å². The van der Waals surface area contributed by atoms with E-state index in [0.717, 1.165) is 6.54 Å². The topological polar surface area (TPSA) is 109 Å². The summed E-state index contributed by atoms with van der Waals surface area (Å²) in [7, 11) is 0. The van der Waals surface area contributed by atoms with Gasteiger partial charge in [-0.15, -0.1) is 0 Å². The van der Waals surface area contributed by atoms with Gasteiger partial charge in [0.05, 0.1) is 12.1 Å². The van der Waals surface area contributed by atoms with Crippen LogP contribution in [-0.2, 0) is 11.3 Å². The fourth-order valence-electron chi connectivity index (χ4n) is 2.36. The summed E-state index contributed by atoms with van der Waals surface area (Å²) in [6.07, 6.45) is 0.456. The van der Waals surface area contributed by atoms with E-state index in [1.165, 1.54) is 12.1 Å². The highest BCUT2D eigenvalue weighted by Gasteiger charge is 2.17. The SMILES string of the molecule is O=C1CCN(Cc2nc(-c3ccc(C(=O)O)cc3)no2)CCN1. The number of aromatic carboxylic acids is 1. The van der Waals surface area contributed by atoms with E-state index in [-0.39, 0.29) is 11.5 Å². The van der Waals surface area contributed by atoms with Crippen molar-refractivity contribution in [2.75, 3.05) is 19.6 Å². The number of hydrogen-bond acceptors (Lipinski definition) is 6. The van der Waals surface area contributed by atoms with Crippen LogP contribution < -0.4 is 5.32 Å². The molecule has 0 unspecified atom stereocenters. The van der Waals surface area contributed by atoms with Crippen LogP contribution in [0.2, 0.25) is 0 Å². The van der Waals surface area contributed by atoms with E-state index in [9.17, 15) is 9.59 Å². The van der Waals surface area contributed by atoms with Crippen molar-refractivity contribution in [1.82, 2.24) is 20.4 Å². The van der Waals surface area contributed by atoms with Crippen molar-refractivity contribution >= 4 is 11.9 Å². The number of carbonyl (C=O) groups excluding carboxylic acids is 1. The predicted octanol–water partition coefficient (Wildman–Crippen LogP) is 0.757. The van der Waals surface area contributed by atoms with Crippen molar-refractivity contribution in [3.8, 4) is 11.4 Å². The quantitative estimate of drug-likeness (QED) is 0.857. The molecule has 0 spiro atoms. The zero-order valence-corrected chi connectivity index (χ0v) is 12.4. The first-order chi connectivity index (χ1) is 11.1. The summed E-state index contributed by atoms with van der Waals surface area (Å²) in [5.41, 5.74) is 0.900. The molecule has 0 atom stereocenters. The van der Waals surface area contributed by atoms with E-state index >= 15 is 0 Å². The molecule has 1 aliphatic heterocycles. The lowest BCUT2D eigenvalue weighted by molar-refractivity contribution is -0.120. The average Bonchev–Trinajstić information content (AvgIpc) is 2.91. The molecule has 8 nitrogen and oxygen atoms in total. The predicted molar refractivity (Wildman–Crippen MR) is 79.6 cm³/mol. The van der Waals surface area contributed by atoms with Gasteiger partial charge in [0.25, 0.3) is 0 Å². The Hall–Kier alpha value is -2.74. The van der Waals surface area contributed by atoms with Crippen molar-refractivity contribution in [3.05, 3.63) is 35.7 Å². The van der Waals surface area contributed by atoms with Gasteiger partial charge in [-0.05, 0) is 12.1 Å². The maximum absolute atomic E-state index is 11.3. The maximum Gasteiger partial charge on any atom is 0.335 e. The fraction of sp³-hybridized carbons (Fsp3) is 0.333. The molecule has 1 aliphatic rings. The number of carboxylic acids is 1. The highest BCUT2D eigenvalue weighted by molar-refractivity contribution is 5.88. The zero-order chi connectivity index (χ0) is 16.2. The van der Waals surface area contributed by atoms with Crippen LogP contribution in [-0.4, -0.2) is 51.7 Å². The van der Waals surface area contributed by atoms with Crippen LogP contribution in [0.25, 0.3) is 11.4 Å². The van der Waals surface area contributed by atoms with E-state index in [0.29, 0.717) is 43.3 Å². The van der Waals surface area contributed by atoms with E-state index in [1.807, 2.05) is 0 Å². The second-order valence-electron chi connectivity index (χ2n) is 5.27. The Morgan fingerprint density at radius 3 is 2.83 bits per heavy atom. The molecule has 0 bridgehead atoms. The smallest absolute Gasteiger partial charge is 0.335 e. The van der Waals surface area contributed by atoms with Gasteiger partial charge in [-0.1, -0.05) is 17.3 Å². The number of nitrogens with zero attached hydrogens (tertiary/aromatic N) is 3. The minimum Gasteiger partial charge on any atom is -0.478 e. The summed E-state index contributed by atoms with van der Waals surface area (Å²) < 4.78 is 5.24. The van der Waals surface area contributed by atoms with Gasteiger partial charge in [-0.2, -0.15) is 4.98 Å². The van der Waals surface area contributed by atoms with Crippen LogP contribution in [0.1, 0.15) is 22.7 Å². The Morgan fingerprint density at radius 2 is 2.09 bits per heavy atom. The molecule has 1 fully saturated rings. The normalized spacial score (nSPS) is 15.9.